The number of aromatic carboxylic acids is 1. The molecule has 2 aromatic rings. The van der Waals surface area contributed by atoms with Gasteiger partial charge in [0.05, 0.1) is 4.88 Å². The monoisotopic (exact) mass is 236 g/mol. The molecule has 0 aliphatic heterocycles. The van der Waals surface area contributed by atoms with Crippen LogP contribution in [0.4, 0.5) is 0 Å². The maximum atomic E-state index is 11.1. The third-order valence-corrected chi connectivity index (χ3v) is 3.30. The van der Waals surface area contributed by atoms with Gasteiger partial charge in [-0.25, -0.2) is 4.79 Å². The molecule has 2 rings (SSSR count). The zero-order valence-electron chi connectivity index (χ0n) is 9.10. The first-order chi connectivity index (χ1) is 7.61. The molecule has 0 unspecified atom stereocenters. The Kier molecular flexibility index (Phi) is 2.78. The molecule has 0 bridgehead atoms. The summed E-state index contributed by atoms with van der Waals surface area (Å²) >= 11 is 1.56. The van der Waals surface area contributed by atoms with Gasteiger partial charge < -0.3 is 5.11 Å². The van der Waals surface area contributed by atoms with Gasteiger partial charge in [-0.15, -0.1) is 11.3 Å². The number of aromatic nitrogens is 2. The third kappa shape index (κ3) is 1.86. The molecule has 0 fully saturated rings. The van der Waals surface area contributed by atoms with Crippen LogP contribution in [0.15, 0.2) is 18.3 Å². The maximum absolute atomic E-state index is 11.1. The third-order valence-electron chi connectivity index (χ3n) is 2.29. The second-order valence-corrected chi connectivity index (χ2v) is 4.75. The largest absolute Gasteiger partial charge is 0.478 e. The average Bonchev–Trinajstić information content (AvgIpc) is 2.82. The van der Waals surface area contributed by atoms with Crippen LogP contribution in [0.5, 0.6) is 0 Å². The van der Waals surface area contributed by atoms with Crippen molar-refractivity contribution in [1.29, 1.82) is 0 Å². The van der Waals surface area contributed by atoms with Gasteiger partial charge in [-0.1, -0.05) is 0 Å². The standard InChI is InChI=1S/C11H12N2O2S/c1-3-13-6-8(11(14)15)10(12-13)9-5-4-7(2)16-9/h4-6H,3H2,1-2H3,(H,14,15). The molecule has 2 aromatic heterocycles. The number of aryl methyl sites for hydroxylation is 2. The smallest absolute Gasteiger partial charge is 0.339 e. The van der Waals surface area contributed by atoms with E-state index in [4.69, 9.17) is 5.11 Å². The highest BCUT2D eigenvalue weighted by Gasteiger charge is 2.17. The predicted octanol–water partition coefficient (Wildman–Crippen LogP) is 2.64. The summed E-state index contributed by atoms with van der Waals surface area (Å²) in [6.45, 7) is 4.60. The Bertz CT molecular complexity index is 528. The summed E-state index contributed by atoms with van der Waals surface area (Å²) in [4.78, 5) is 13.1. The second-order valence-electron chi connectivity index (χ2n) is 3.46. The molecular weight excluding hydrogens is 224 g/mol. The Hall–Kier alpha value is -1.62. The fraction of sp³-hybridized carbons (Fsp3) is 0.273. The van der Waals surface area contributed by atoms with E-state index >= 15 is 0 Å². The van der Waals surface area contributed by atoms with Crippen LogP contribution in [0, 0.1) is 6.92 Å². The Morgan fingerprint density at radius 3 is 2.81 bits per heavy atom. The average molecular weight is 236 g/mol. The molecule has 0 atom stereocenters. The van der Waals surface area contributed by atoms with E-state index < -0.39 is 5.97 Å². The Labute approximate surface area is 97.2 Å². The predicted molar refractivity (Wildman–Crippen MR) is 62.9 cm³/mol. The van der Waals surface area contributed by atoms with E-state index in [0.717, 1.165) is 9.75 Å². The van der Waals surface area contributed by atoms with Gasteiger partial charge in [-0.3, -0.25) is 4.68 Å². The molecule has 4 nitrogen and oxygen atoms in total. The van der Waals surface area contributed by atoms with Gasteiger partial charge in [-0.2, -0.15) is 5.10 Å². The summed E-state index contributed by atoms with van der Waals surface area (Å²) in [6.07, 6.45) is 1.58. The molecule has 0 aliphatic carbocycles. The lowest BCUT2D eigenvalue weighted by Gasteiger charge is -1.93. The highest BCUT2D eigenvalue weighted by molar-refractivity contribution is 7.15. The SMILES string of the molecule is CCn1cc(C(=O)O)c(-c2ccc(C)s2)n1. The maximum Gasteiger partial charge on any atom is 0.339 e. The molecule has 0 saturated heterocycles. The van der Waals surface area contributed by atoms with Crippen molar-refractivity contribution in [2.45, 2.75) is 20.4 Å². The number of carboxylic acids is 1. The van der Waals surface area contributed by atoms with Crippen molar-refractivity contribution in [2.75, 3.05) is 0 Å². The molecule has 0 amide bonds. The van der Waals surface area contributed by atoms with Gasteiger partial charge in [0.1, 0.15) is 11.3 Å². The summed E-state index contributed by atoms with van der Waals surface area (Å²) < 4.78 is 1.65. The summed E-state index contributed by atoms with van der Waals surface area (Å²) in [5.41, 5.74) is 0.830. The quantitative estimate of drug-likeness (QED) is 0.891. The second kappa shape index (κ2) is 4.09. The van der Waals surface area contributed by atoms with Gasteiger partial charge in [0.25, 0.3) is 0 Å². The summed E-state index contributed by atoms with van der Waals surface area (Å²) in [6, 6.07) is 3.88. The van der Waals surface area contributed by atoms with Crippen LogP contribution in [0.3, 0.4) is 0 Å². The molecule has 16 heavy (non-hydrogen) atoms. The van der Waals surface area contributed by atoms with E-state index in [1.54, 1.807) is 22.2 Å². The van der Waals surface area contributed by atoms with Crippen LogP contribution < -0.4 is 0 Å². The van der Waals surface area contributed by atoms with Crippen molar-refractivity contribution in [3.05, 3.63) is 28.8 Å². The van der Waals surface area contributed by atoms with Gasteiger partial charge in [0, 0.05) is 17.6 Å². The first kappa shape index (κ1) is 10.9. The number of nitrogens with zero attached hydrogens (tertiary/aromatic N) is 2. The zero-order valence-corrected chi connectivity index (χ0v) is 9.91. The molecular formula is C11H12N2O2S. The summed E-state index contributed by atoms with van der Waals surface area (Å²) in [5, 5.41) is 13.4. The van der Waals surface area contributed by atoms with Crippen molar-refractivity contribution in [2.24, 2.45) is 0 Å². The van der Waals surface area contributed by atoms with E-state index in [2.05, 4.69) is 5.10 Å². The topological polar surface area (TPSA) is 55.1 Å². The molecule has 0 radical (unpaired) electrons. The number of hydrogen-bond acceptors (Lipinski definition) is 3. The van der Waals surface area contributed by atoms with Crippen LogP contribution in [-0.2, 0) is 6.54 Å². The number of carboxylic acid groups (broad SMARTS) is 1. The van der Waals surface area contributed by atoms with E-state index in [1.807, 2.05) is 26.0 Å². The van der Waals surface area contributed by atoms with Gasteiger partial charge in [0.15, 0.2) is 0 Å². The summed E-state index contributed by atoms with van der Waals surface area (Å²) in [5.74, 6) is -0.930. The van der Waals surface area contributed by atoms with Crippen molar-refractivity contribution in [1.82, 2.24) is 9.78 Å². The van der Waals surface area contributed by atoms with E-state index in [1.165, 1.54) is 0 Å². The van der Waals surface area contributed by atoms with Crippen molar-refractivity contribution in [3.8, 4) is 10.6 Å². The fourth-order valence-corrected chi connectivity index (χ4v) is 2.35. The molecule has 0 aliphatic rings. The Balaban J connectivity index is 2.54. The normalized spacial score (nSPS) is 10.6. The lowest BCUT2D eigenvalue weighted by molar-refractivity contribution is 0.0697. The molecule has 0 aromatic carbocycles. The Morgan fingerprint density at radius 1 is 1.56 bits per heavy atom. The minimum atomic E-state index is -0.930. The molecule has 0 spiro atoms. The number of hydrogen-bond donors (Lipinski definition) is 1. The van der Waals surface area contributed by atoms with Crippen LogP contribution in [0.2, 0.25) is 0 Å². The molecule has 5 heteroatoms. The highest BCUT2D eigenvalue weighted by atomic mass is 32.1. The lowest BCUT2D eigenvalue weighted by atomic mass is 10.2. The molecule has 84 valence electrons. The lowest BCUT2D eigenvalue weighted by Crippen LogP contribution is -1.95. The first-order valence-corrected chi connectivity index (χ1v) is 5.81. The van der Waals surface area contributed by atoms with Crippen molar-refractivity contribution < 1.29 is 9.90 Å². The number of rotatable bonds is 3. The number of carbonyl (C=O) groups is 1. The molecule has 2 heterocycles. The first-order valence-electron chi connectivity index (χ1n) is 4.99. The molecule has 0 saturated carbocycles. The minimum absolute atomic E-state index is 0.267. The zero-order chi connectivity index (χ0) is 11.7. The van der Waals surface area contributed by atoms with Crippen LogP contribution >= 0.6 is 11.3 Å². The van der Waals surface area contributed by atoms with Crippen LogP contribution in [-0.4, -0.2) is 20.9 Å². The van der Waals surface area contributed by atoms with E-state index in [-0.39, 0.29) is 5.56 Å². The van der Waals surface area contributed by atoms with Gasteiger partial charge in [-0.05, 0) is 26.0 Å². The van der Waals surface area contributed by atoms with Crippen LogP contribution in [0.1, 0.15) is 22.2 Å². The van der Waals surface area contributed by atoms with Crippen molar-refractivity contribution >= 4 is 17.3 Å². The van der Waals surface area contributed by atoms with Crippen molar-refractivity contribution in [3.63, 3.8) is 0 Å². The van der Waals surface area contributed by atoms with E-state index in [0.29, 0.717) is 12.2 Å². The molecule has 1 N–H and O–H groups in total. The summed E-state index contributed by atoms with van der Waals surface area (Å²) in [7, 11) is 0. The highest BCUT2D eigenvalue weighted by Crippen LogP contribution is 2.29. The number of thiophene rings is 1. The van der Waals surface area contributed by atoms with Gasteiger partial charge >= 0.3 is 5.97 Å². The Morgan fingerprint density at radius 2 is 2.31 bits per heavy atom. The fourth-order valence-electron chi connectivity index (χ4n) is 1.48. The minimum Gasteiger partial charge on any atom is -0.478 e. The van der Waals surface area contributed by atoms with Gasteiger partial charge in [0.2, 0.25) is 0 Å². The van der Waals surface area contributed by atoms with E-state index in [9.17, 15) is 4.79 Å². The van der Waals surface area contributed by atoms with Crippen LogP contribution in [0.25, 0.3) is 10.6 Å².